The number of hydrogen-bond donors (Lipinski definition) is 0. The highest BCUT2D eigenvalue weighted by Crippen LogP contribution is 2.36. The van der Waals surface area contributed by atoms with Crippen LogP contribution >= 0.6 is 0 Å². The van der Waals surface area contributed by atoms with Crippen LogP contribution in [0.3, 0.4) is 0 Å². The molecule has 8 heteroatoms. The van der Waals surface area contributed by atoms with Gasteiger partial charge in [-0.15, -0.1) is 0 Å². The average Bonchev–Trinajstić information content (AvgIpc) is 3.59. The molecule has 34 heavy (non-hydrogen) atoms. The number of para-hydroxylation sites is 1. The Morgan fingerprint density at radius 3 is 2.59 bits per heavy atom. The Bertz CT molecular complexity index is 1140. The number of carbonyl (C=O) groups is 1. The third-order valence-electron chi connectivity index (χ3n) is 6.40. The van der Waals surface area contributed by atoms with Crippen molar-refractivity contribution < 1.29 is 23.7 Å². The Morgan fingerprint density at radius 2 is 1.85 bits per heavy atom. The molecule has 0 radical (unpaired) electrons. The van der Waals surface area contributed by atoms with E-state index in [1.54, 1.807) is 25.1 Å². The van der Waals surface area contributed by atoms with E-state index in [1.165, 1.54) is 0 Å². The van der Waals surface area contributed by atoms with Crippen LogP contribution in [0.5, 0.6) is 11.5 Å². The van der Waals surface area contributed by atoms with Crippen LogP contribution in [0.2, 0.25) is 0 Å². The molecule has 3 aromatic rings. The number of aromatic nitrogens is 2. The number of ether oxygens (including phenoxy) is 4. The molecule has 3 heterocycles. The van der Waals surface area contributed by atoms with Crippen molar-refractivity contribution in [3.05, 3.63) is 60.3 Å². The number of piperidine rings is 1. The lowest BCUT2D eigenvalue weighted by molar-refractivity contribution is -0.0969. The molecule has 2 aliphatic rings. The van der Waals surface area contributed by atoms with E-state index < -0.39 is 0 Å². The SMILES string of the molecule is COc1ccc(OC)c(-c2nn(-c3ccccc3)cc2C(=O)N2CCCC(C3OCCO3)C2)c1. The molecule has 5 rings (SSSR count). The van der Waals surface area contributed by atoms with Crippen molar-refractivity contribution in [2.45, 2.75) is 19.1 Å². The maximum atomic E-state index is 13.9. The third kappa shape index (κ3) is 4.38. The van der Waals surface area contributed by atoms with Crippen LogP contribution in [0.1, 0.15) is 23.2 Å². The largest absolute Gasteiger partial charge is 0.497 e. The summed E-state index contributed by atoms with van der Waals surface area (Å²) in [6.07, 6.45) is 3.46. The van der Waals surface area contributed by atoms with Crippen molar-refractivity contribution in [2.24, 2.45) is 5.92 Å². The molecule has 2 fully saturated rings. The van der Waals surface area contributed by atoms with E-state index >= 15 is 0 Å². The second kappa shape index (κ2) is 9.87. The maximum Gasteiger partial charge on any atom is 0.257 e. The Kier molecular flexibility index (Phi) is 6.51. The van der Waals surface area contributed by atoms with Crippen molar-refractivity contribution in [3.63, 3.8) is 0 Å². The summed E-state index contributed by atoms with van der Waals surface area (Å²) in [4.78, 5) is 15.8. The molecule has 178 valence electrons. The summed E-state index contributed by atoms with van der Waals surface area (Å²) in [5.74, 6) is 1.39. The zero-order chi connectivity index (χ0) is 23.5. The molecule has 0 saturated carbocycles. The molecule has 1 amide bonds. The Morgan fingerprint density at radius 1 is 1.06 bits per heavy atom. The summed E-state index contributed by atoms with van der Waals surface area (Å²) in [5.41, 5.74) is 2.65. The van der Waals surface area contributed by atoms with Crippen LogP contribution in [0.15, 0.2) is 54.7 Å². The number of hydrogen-bond acceptors (Lipinski definition) is 6. The molecule has 2 aliphatic heterocycles. The van der Waals surface area contributed by atoms with Crippen molar-refractivity contribution in [3.8, 4) is 28.4 Å². The van der Waals surface area contributed by atoms with Gasteiger partial charge < -0.3 is 23.8 Å². The van der Waals surface area contributed by atoms with Crippen LogP contribution < -0.4 is 9.47 Å². The standard InChI is InChI=1S/C26H29N3O5/c1-31-20-10-11-23(32-2)21(15-20)24-22(17-29(27-24)19-8-4-3-5-9-19)25(30)28-12-6-7-18(16-28)26-33-13-14-34-26/h3-5,8-11,15,17-18,26H,6-7,12-14,16H2,1-2H3. The van der Waals surface area contributed by atoms with Gasteiger partial charge >= 0.3 is 0 Å². The molecule has 0 aliphatic carbocycles. The van der Waals surface area contributed by atoms with Crippen LogP contribution in [0, 0.1) is 5.92 Å². The number of benzene rings is 2. The minimum absolute atomic E-state index is 0.0650. The van der Waals surface area contributed by atoms with Crippen LogP contribution in [0.4, 0.5) is 0 Å². The number of nitrogens with zero attached hydrogens (tertiary/aromatic N) is 3. The Labute approximate surface area is 199 Å². The molecule has 2 saturated heterocycles. The normalized spacial score (nSPS) is 18.8. The van der Waals surface area contributed by atoms with Gasteiger partial charge in [0, 0.05) is 30.8 Å². The second-order valence-electron chi connectivity index (χ2n) is 8.50. The van der Waals surface area contributed by atoms with E-state index in [0.29, 0.717) is 54.6 Å². The summed E-state index contributed by atoms with van der Waals surface area (Å²) in [6, 6.07) is 15.3. The average molecular weight is 464 g/mol. The minimum atomic E-state index is -0.236. The highest BCUT2D eigenvalue weighted by atomic mass is 16.7. The minimum Gasteiger partial charge on any atom is -0.497 e. The molecule has 1 aromatic heterocycles. The van der Waals surface area contributed by atoms with Gasteiger partial charge in [0.05, 0.1) is 38.7 Å². The van der Waals surface area contributed by atoms with Crippen LogP contribution in [0.25, 0.3) is 16.9 Å². The fourth-order valence-electron chi connectivity index (χ4n) is 4.68. The Hall–Kier alpha value is -3.36. The van der Waals surface area contributed by atoms with Gasteiger partial charge in [-0.1, -0.05) is 18.2 Å². The predicted molar refractivity (Wildman–Crippen MR) is 126 cm³/mol. The molecular formula is C26H29N3O5. The van der Waals surface area contributed by atoms with Crippen molar-refractivity contribution in [1.82, 2.24) is 14.7 Å². The predicted octanol–water partition coefficient (Wildman–Crippen LogP) is 3.78. The lowest BCUT2D eigenvalue weighted by Gasteiger charge is -2.34. The summed E-state index contributed by atoms with van der Waals surface area (Å²) in [6.45, 7) is 2.50. The zero-order valence-electron chi connectivity index (χ0n) is 19.5. The van der Waals surface area contributed by atoms with Gasteiger partial charge in [0.15, 0.2) is 6.29 Å². The van der Waals surface area contributed by atoms with E-state index in [-0.39, 0.29) is 18.1 Å². The van der Waals surface area contributed by atoms with Gasteiger partial charge in [0.2, 0.25) is 0 Å². The van der Waals surface area contributed by atoms with Crippen LogP contribution in [-0.4, -0.2) is 67.4 Å². The van der Waals surface area contributed by atoms with E-state index in [1.807, 2.05) is 53.4 Å². The second-order valence-corrected chi connectivity index (χ2v) is 8.50. The highest BCUT2D eigenvalue weighted by Gasteiger charge is 2.34. The first-order valence-electron chi connectivity index (χ1n) is 11.6. The first-order valence-corrected chi connectivity index (χ1v) is 11.6. The van der Waals surface area contributed by atoms with E-state index in [0.717, 1.165) is 18.5 Å². The molecule has 1 atom stereocenters. The molecule has 0 N–H and O–H groups in total. The summed E-state index contributed by atoms with van der Waals surface area (Å²) in [7, 11) is 3.22. The molecular weight excluding hydrogens is 434 g/mol. The van der Waals surface area contributed by atoms with E-state index in [9.17, 15) is 4.79 Å². The molecule has 8 nitrogen and oxygen atoms in total. The van der Waals surface area contributed by atoms with Crippen molar-refractivity contribution in [1.29, 1.82) is 0 Å². The van der Waals surface area contributed by atoms with Crippen molar-refractivity contribution in [2.75, 3.05) is 40.5 Å². The number of carbonyl (C=O) groups excluding carboxylic acids is 1. The molecule has 1 unspecified atom stereocenters. The number of likely N-dealkylation sites (tertiary alicyclic amines) is 1. The first-order chi connectivity index (χ1) is 16.7. The first kappa shape index (κ1) is 22.4. The quantitative estimate of drug-likeness (QED) is 0.554. The maximum absolute atomic E-state index is 13.9. The zero-order valence-corrected chi connectivity index (χ0v) is 19.5. The third-order valence-corrected chi connectivity index (χ3v) is 6.40. The molecule has 0 bridgehead atoms. The van der Waals surface area contributed by atoms with Crippen molar-refractivity contribution >= 4 is 5.91 Å². The smallest absolute Gasteiger partial charge is 0.257 e. The van der Waals surface area contributed by atoms with Gasteiger partial charge in [-0.05, 0) is 43.2 Å². The number of amides is 1. The van der Waals surface area contributed by atoms with E-state index in [2.05, 4.69) is 0 Å². The lowest BCUT2D eigenvalue weighted by Crippen LogP contribution is -2.43. The van der Waals surface area contributed by atoms with Gasteiger partial charge in [-0.2, -0.15) is 5.10 Å². The summed E-state index contributed by atoms with van der Waals surface area (Å²) in [5, 5.41) is 4.83. The van der Waals surface area contributed by atoms with E-state index in [4.69, 9.17) is 24.0 Å². The van der Waals surface area contributed by atoms with Gasteiger partial charge in [0.1, 0.15) is 17.2 Å². The number of rotatable bonds is 6. The Balaban J connectivity index is 1.54. The lowest BCUT2D eigenvalue weighted by atomic mass is 9.96. The van der Waals surface area contributed by atoms with Gasteiger partial charge in [-0.25, -0.2) is 4.68 Å². The van der Waals surface area contributed by atoms with Gasteiger partial charge in [-0.3, -0.25) is 4.79 Å². The fourth-order valence-corrected chi connectivity index (χ4v) is 4.68. The number of methoxy groups -OCH3 is 2. The summed E-state index contributed by atoms with van der Waals surface area (Å²) >= 11 is 0. The molecule has 2 aromatic carbocycles. The monoisotopic (exact) mass is 463 g/mol. The molecule has 0 spiro atoms. The highest BCUT2D eigenvalue weighted by molar-refractivity contribution is 6.00. The topological polar surface area (TPSA) is 75.1 Å². The van der Waals surface area contributed by atoms with Crippen LogP contribution in [-0.2, 0) is 9.47 Å². The van der Waals surface area contributed by atoms with Gasteiger partial charge in [0.25, 0.3) is 5.91 Å². The fraction of sp³-hybridized carbons (Fsp3) is 0.385. The summed E-state index contributed by atoms with van der Waals surface area (Å²) < 4.78 is 24.3.